The van der Waals surface area contributed by atoms with Gasteiger partial charge < -0.3 is 13.0 Å². The number of hydrogen-bond acceptors (Lipinski definition) is 3. The van der Waals surface area contributed by atoms with Crippen molar-refractivity contribution in [3.63, 3.8) is 0 Å². The van der Waals surface area contributed by atoms with E-state index in [-0.39, 0.29) is 10.4 Å². The molecule has 1 atom stereocenters. The first-order chi connectivity index (χ1) is 14.6. The second-order valence-electron chi connectivity index (χ2n) is 9.84. The van der Waals surface area contributed by atoms with Gasteiger partial charge >= 0.3 is 8.56 Å². The Morgan fingerprint density at radius 2 is 1.29 bits per heavy atom. The lowest BCUT2D eigenvalue weighted by atomic mass is 10.1. The van der Waals surface area contributed by atoms with Gasteiger partial charge in [-0.1, -0.05) is 84.0 Å². The molecule has 180 valence electrons. The Morgan fingerprint density at radius 1 is 0.774 bits per heavy atom. The van der Waals surface area contributed by atoms with E-state index in [0.717, 1.165) is 38.5 Å². The lowest BCUT2D eigenvalue weighted by Crippen LogP contribution is -2.76. The molecule has 1 rings (SSSR count). The van der Waals surface area contributed by atoms with Crippen molar-refractivity contribution in [3.8, 4) is 0 Å². The maximum absolute atomic E-state index is 7.66. The largest absolute Gasteiger partial charge is 0.434 e. The number of hydrogen-bond donors (Lipinski definition) is 0. The van der Waals surface area contributed by atoms with Gasteiger partial charge in [-0.2, -0.15) is 0 Å². The highest BCUT2D eigenvalue weighted by atomic mass is 28.4. The smallest absolute Gasteiger partial charge is 0.394 e. The fourth-order valence-corrected chi connectivity index (χ4v) is 18.4. The maximum Gasteiger partial charge on any atom is 0.394 e. The molecule has 0 saturated carbocycles. The first-order valence-corrected chi connectivity index (χ1v) is 23.0. The quantitative estimate of drug-likeness (QED) is 0.285. The van der Waals surface area contributed by atoms with Gasteiger partial charge in [-0.05, 0) is 57.1 Å². The lowest BCUT2D eigenvalue weighted by Gasteiger charge is -2.54. The van der Waals surface area contributed by atoms with Crippen LogP contribution in [0.3, 0.4) is 0 Å². The summed E-state index contributed by atoms with van der Waals surface area (Å²) in [6.07, 6.45) is 6.28. The van der Waals surface area contributed by atoms with Crippen LogP contribution < -0.4 is 5.19 Å². The molecule has 7 heteroatoms. The Balaban J connectivity index is 3.99. The highest BCUT2D eigenvalue weighted by Crippen LogP contribution is 2.41. The van der Waals surface area contributed by atoms with Crippen molar-refractivity contribution in [1.29, 1.82) is 0 Å². The van der Waals surface area contributed by atoms with E-state index in [4.69, 9.17) is 13.0 Å². The molecular weight excluding hydrogens is 449 g/mol. The van der Waals surface area contributed by atoms with Gasteiger partial charge in [-0.3, -0.25) is 0 Å². The molecule has 0 bridgehead atoms. The summed E-state index contributed by atoms with van der Waals surface area (Å²) in [7, 11) is -6.84. The van der Waals surface area contributed by atoms with Crippen molar-refractivity contribution in [3.05, 3.63) is 30.3 Å². The van der Waals surface area contributed by atoms with E-state index in [1.54, 1.807) is 0 Å². The first-order valence-electron chi connectivity index (χ1n) is 12.7. The average molecular weight is 499 g/mol. The molecule has 0 heterocycles. The second kappa shape index (κ2) is 13.0. The minimum Gasteiger partial charge on any atom is -0.434 e. The van der Waals surface area contributed by atoms with Crippen molar-refractivity contribution in [2.24, 2.45) is 0 Å². The van der Waals surface area contributed by atoms with Crippen LogP contribution in [0, 0.1) is 0 Å². The van der Waals surface area contributed by atoms with Gasteiger partial charge in [0.2, 0.25) is 0 Å². The van der Waals surface area contributed by atoms with Gasteiger partial charge in [0.15, 0.2) is 18.1 Å². The zero-order chi connectivity index (χ0) is 23.7. The van der Waals surface area contributed by atoms with Crippen LogP contribution in [-0.4, -0.2) is 45.9 Å². The summed E-state index contributed by atoms with van der Waals surface area (Å²) in [5.41, 5.74) is 0. The summed E-state index contributed by atoms with van der Waals surface area (Å²) in [5.74, 6) is 0. The van der Waals surface area contributed by atoms with Gasteiger partial charge in [-0.25, -0.2) is 0 Å². The van der Waals surface area contributed by atoms with Crippen LogP contribution in [0.2, 0.25) is 39.3 Å². The predicted molar refractivity (Wildman–Crippen MR) is 148 cm³/mol. The van der Waals surface area contributed by atoms with Crippen molar-refractivity contribution < 1.29 is 13.0 Å². The van der Waals surface area contributed by atoms with Crippen LogP contribution in [0.15, 0.2) is 30.3 Å². The minimum atomic E-state index is -2.95. The third-order valence-electron chi connectivity index (χ3n) is 6.52. The Labute approximate surface area is 199 Å². The SMILES string of the molecule is CCCC(CCC)(O[SiH](C)C)[Si](O[SiH](C)C)(OC(CC)(CC)[SiH](C)C)c1ccccc1. The molecule has 0 spiro atoms. The van der Waals surface area contributed by atoms with Crippen LogP contribution in [0.4, 0.5) is 0 Å². The summed E-state index contributed by atoms with van der Waals surface area (Å²) < 4.78 is 22.1. The van der Waals surface area contributed by atoms with Gasteiger partial charge in [0.1, 0.15) is 5.22 Å². The van der Waals surface area contributed by atoms with Crippen molar-refractivity contribution >= 4 is 40.6 Å². The van der Waals surface area contributed by atoms with Crippen LogP contribution in [0.25, 0.3) is 0 Å². The van der Waals surface area contributed by atoms with Crippen molar-refractivity contribution in [2.75, 3.05) is 0 Å². The molecule has 0 saturated heterocycles. The lowest BCUT2D eigenvalue weighted by molar-refractivity contribution is 0.0261. The molecule has 0 aliphatic carbocycles. The van der Waals surface area contributed by atoms with Crippen LogP contribution in [0.5, 0.6) is 0 Å². The van der Waals surface area contributed by atoms with Gasteiger partial charge in [0.05, 0.1) is 8.80 Å². The molecular formula is C24H50O3Si4. The van der Waals surface area contributed by atoms with Crippen LogP contribution >= 0.6 is 0 Å². The summed E-state index contributed by atoms with van der Waals surface area (Å²) in [6.45, 7) is 23.3. The standard InChI is InChI=1S/C24H50O3Si4/c1-11-20-24(21-12-2,25-29(7)8)31(27-30(9)10,22-18-16-15-17-19-22)26-23(13-3,14-4)28(5)6/h15-19,28-30H,11-14,20-21H2,1-10H3. The molecule has 0 aromatic heterocycles. The molecule has 1 unspecified atom stereocenters. The Morgan fingerprint density at radius 3 is 1.65 bits per heavy atom. The fraction of sp³-hybridized carbons (Fsp3) is 0.750. The van der Waals surface area contributed by atoms with E-state index in [0.29, 0.717) is 0 Å². The van der Waals surface area contributed by atoms with E-state index in [2.05, 4.69) is 97.3 Å². The van der Waals surface area contributed by atoms with E-state index in [1.807, 2.05) is 0 Å². The topological polar surface area (TPSA) is 27.7 Å². The van der Waals surface area contributed by atoms with Gasteiger partial charge in [0, 0.05) is 5.22 Å². The molecule has 1 aromatic rings. The molecule has 0 N–H and O–H groups in total. The van der Waals surface area contributed by atoms with E-state index in [1.165, 1.54) is 5.19 Å². The molecule has 0 radical (unpaired) electrons. The third-order valence-corrected chi connectivity index (χ3v) is 17.8. The minimum absolute atomic E-state index is 0.0695. The molecule has 1 aromatic carbocycles. The van der Waals surface area contributed by atoms with Crippen LogP contribution in [-0.2, 0) is 13.0 Å². The molecule has 0 aliphatic rings. The average Bonchev–Trinajstić information content (AvgIpc) is 2.71. The Bertz CT molecular complexity index is 615. The zero-order valence-corrected chi connectivity index (χ0v) is 26.6. The first kappa shape index (κ1) is 29.0. The molecule has 0 aliphatic heterocycles. The Hall–Kier alpha value is -0.0325. The molecule has 0 fully saturated rings. The molecule has 31 heavy (non-hydrogen) atoms. The highest BCUT2D eigenvalue weighted by molar-refractivity contribution is 6.89. The summed E-state index contributed by atoms with van der Waals surface area (Å²) in [4.78, 5) is 0. The highest BCUT2D eigenvalue weighted by Gasteiger charge is 2.62. The van der Waals surface area contributed by atoms with Gasteiger partial charge in [-0.15, -0.1) is 0 Å². The van der Waals surface area contributed by atoms with E-state index < -0.39 is 35.4 Å². The zero-order valence-electron chi connectivity index (χ0n) is 22.1. The fourth-order valence-electron chi connectivity index (χ4n) is 5.13. The van der Waals surface area contributed by atoms with E-state index in [9.17, 15) is 0 Å². The number of benzene rings is 1. The monoisotopic (exact) mass is 498 g/mol. The number of rotatable bonds is 15. The molecule has 3 nitrogen and oxygen atoms in total. The summed E-state index contributed by atoms with van der Waals surface area (Å²) >= 11 is 0. The normalized spacial score (nSPS) is 15.1. The summed E-state index contributed by atoms with van der Waals surface area (Å²) in [5, 5.41) is 0.877. The van der Waals surface area contributed by atoms with Crippen LogP contribution in [0.1, 0.15) is 66.2 Å². The van der Waals surface area contributed by atoms with Crippen molar-refractivity contribution in [2.45, 2.75) is 116 Å². The van der Waals surface area contributed by atoms with Crippen molar-refractivity contribution in [1.82, 2.24) is 0 Å². The summed E-state index contributed by atoms with van der Waals surface area (Å²) in [6, 6.07) is 11.0. The predicted octanol–water partition coefficient (Wildman–Crippen LogP) is 5.82. The second-order valence-corrected chi connectivity index (χ2v) is 21.5. The molecule has 0 amide bonds. The third kappa shape index (κ3) is 6.74. The van der Waals surface area contributed by atoms with Gasteiger partial charge in [0.25, 0.3) is 0 Å². The Kier molecular flexibility index (Phi) is 12.2. The maximum atomic E-state index is 7.66. The van der Waals surface area contributed by atoms with E-state index >= 15 is 0 Å².